The van der Waals surface area contributed by atoms with Crippen molar-refractivity contribution in [3.8, 4) is 17.2 Å². The number of Topliss-reactive ketones (excluding diaryl/α,β-unsaturated/α-hetero) is 1. The first kappa shape index (κ1) is 20.3. The molecule has 0 saturated heterocycles. The zero-order chi connectivity index (χ0) is 22.4. The maximum absolute atomic E-state index is 13.2. The number of benzene rings is 3. The minimum Gasteiger partial charge on any atom is -0.478 e. The third-order valence-electron chi connectivity index (χ3n) is 5.92. The number of fused-ring (bicyclic) bond motifs is 4. The highest BCUT2D eigenvalue weighted by Gasteiger charge is 2.34. The van der Waals surface area contributed by atoms with E-state index in [0.29, 0.717) is 47.5 Å². The monoisotopic (exact) mass is 461 g/mol. The molecule has 6 nitrogen and oxygen atoms in total. The second kappa shape index (κ2) is 8.23. The quantitative estimate of drug-likeness (QED) is 0.501. The van der Waals surface area contributed by atoms with Crippen molar-refractivity contribution in [2.24, 2.45) is 0 Å². The van der Waals surface area contributed by atoms with Gasteiger partial charge < -0.3 is 18.9 Å². The zero-order valence-electron chi connectivity index (χ0n) is 17.7. The van der Waals surface area contributed by atoms with Crippen LogP contribution in [0, 0.1) is 0 Å². The number of halogens is 1. The number of ether oxygens (including phenoxy) is 4. The molecule has 3 aliphatic heterocycles. The molecule has 0 aromatic heterocycles. The third-order valence-corrected chi connectivity index (χ3v) is 6.14. The van der Waals surface area contributed by atoms with Crippen LogP contribution in [-0.4, -0.2) is 24.2 Å². The van der Waals surface area contributed by atoms with E-state index in [1.165, 1.54) is 5.56 Å². The van der Waals surface area contributed by atoms with Gasteiger partial charge in [-0.1, -0.05) is 41.9 Å². The molecule has 0 atom stereocenters. The van der Waals surface area contributed by atoms with Crippen molar-refractivity contribution in [2.75, 3.05) is 13.5 Å². The van der Waals surface area contributed by atoms with E-state index in [2.05, 4.69) is 17.0 Å². The van der Waals surface area contributed by atoms with Gasteiger partial charge in [0.15, 0.2) is 12.6 Å². The number of hydrogen-bond acceptors (Lipinski definition) is 6. The van der Waals surface area contributed by atoms with Gasteiger partial charge in [-0.2, -0.15) is 0 Å². The molecule has 0 aliphatic carbocycles. The molecule has 3 aromatic rings. The van der Waals surface area contributed by atoms with Gasteiger partial charge in [-0.15, -0.1) is 0 Å². The predicted molar refractivity (Wildman–Crippen MR) is 122 cm³/mol. The van der Waals surface area contributed by atoms with E-state index in [1.54, 1.807) is 24.3 Å². The van der Waals surface area contributed by atoms with Gasteiger partial charge >= 0.3 is 0 Å². The molecule has 0 saturated carbocycles. The number of carbonyl (C=O) groups is 1. The van der Waals surface area contributed by atoms with Gasteiger partial charge in [-0.25, -0.2) is 0 Å². The lowest BCUT2D eigenvalue weighted by atomic mass is 10.0. The summed E-state index contributed by atoms with van der Waals surface area (Å²) in [6, 6.07) is 17.4. The Balaban J connectivity index is 1.32. The lowest BCUT2D eigenvalue weighted by Crippen LogP contribution is -2.31. The molecule has 6 rings (SSSR count). The largest absolute Gasteiger partial charge is 0.478 e. The average Bonchev–Trinajstić information content (AvgIpc) is 3.15. The molecule has 3 heterocycles. The molecular weight excluding hydrogens is 442 g/mol. The first-order chi connectivity index (χ1) is 16.2. The first-order valence-corrected chi connectivity index (χ1v) is 11.1. The summed E-state index contributed by atoms with van der Waals surface area (Å²) in [6.45, 7) is 2.41. The van der Waals surface area contributed by atoms with Crippen LogP contribution in [0.4, 0.5) is 0 Å². The summed E-state index contributed by atoms with van der Waals surface area (Å²) < 4.78 is 23.1. The summed E-state index contributed by atoms with van der Waals surface area (Å²) in [5, 5.41) is 0.542. The number of ketones is 1. The van der Waals surface area contributed by atoms with Crippen molar-refractivity contribution in [2.45, 2.75) is 19.7 Å². The third kappa shape index (κ3) is 3.76. The highest BCUT2D eigenvalue weighted by Crippen LogP contribution is 2.43. The Bertz CT molecular complexity index is 1290. The number of allylic oxidation sites excluding steroid dienone is 1. The van der Waals surface area contributed by atoms with E-state index in [0.717, 1.165) is 23.4 Å². The Labute approximate surface area is 195 Å². The molecule has 0 spiro atoms. The van der Waals surface area contributed by atoms with Crippen LogP contribution in [-0.2, 0) is 24.4 Å². The number of carbonyl (C=O) groups excluding carboxylic acids is 1. The van der Waals surface area contributed by atoms with Crippen LogP contribution >= 0.6 is 11.6 Å². The highest BCUT2D eigenvalue weighted by molar-refractivity contribution is 6.31. The molecule has 0 radical (unpaired) electrons. The van der Waals surface area contributed by atoms with Gasteiger partial charge in [-0.3, -0.25) is 9.69 Å². The molecule has 0 bridgehead atoms. The first-order valence-electron chi connectivity index (χ1n) is 10.7. The van der Waals surface area contributed by atoms with Crippen LogP contribution in [0.3, 0.4) is 0 Å². The Hall–Kier alpha value is -3.32. The van der Waals surface area contributed by atoms with Crippen molar-refractivity contribution in [3.63, 3.8) is 0 Å². The lowest BCUT2D eigenvalue weighted by molar-refractivity contribution is -0.0165. The zero-order valence-corrected chi connectivity index (χ0v) is 18.4. The lowest BCUT2D eigenvalue weighted by Gasteiger charge is -2.29. The Morgan fingerprint density at radius 2 is 1.91 bits per heavy atom. The van der Waals surface area contributed by atoms with E-state index < -0.39 is 0 Å². The maximum atomic E-state index is 13.2. The van der Waals surface area contributed by atoms with E-state index in [1.807, 2.05) is 24.3 Å². The number of hydrogen-bond donors (Lipinski definition) is 0. The van der Waals surface area contributed by atoms with Crippen LogP contribution in [0.2, 0.25) is 5.02 Å². The molecule has 0 fully saturated rings. The second-order valence-corrected chi connectivity index (χ2v) is 8.64. The van der Waals surface area contributed by atoms with E-state index in [9.17, 15) is 4.79 Å². The van der Waals surface area contributed by atoms with Crippen molar-refractivity contribution < 1.29 is 23.7 Å². The predicted octanol–water partition coefficient (Wildman–Crippen LogP) is 5.17. The Kier molecular flexibility index (Phi) is 5.06. The van der Waals surface area contributed by atoms with Gasteiger partial charge in [-0.05, 0) is 35.9 Å². The molecule has 0 amide bonds. The maximum Gasteiger partial charge on any atom is 0.231 e. The van der Waals surface area contributed by atoms with Crippen molar-refractivity contribution in [1.82, 2.24) is 4.90 Å². The minimum absolute atomic E-state index is 0.155. The van der Waals surface area contributed by atoms with Crippen molar-refractivity contribution >= 4 is 23.5 Å². The molecule has 3 aliphatic rings. The molecule has 0 unspecified atom stereocenters. The van der Waals surface area contributed by atoms with E-state index >= 15 is 0 Å². The summed E-state index contributed by atoms with van der Waals surface area (Å²) >= 11 is 6.28. The summed E-state index contributed by atoms with van der Waals surface area (Å²) in [5.74, 6) is 2.02. The fourth-order valence-electron chi connectivity index (χ4n) is 4.40. The Morgan fingerprint density at radius 3 is 2.79 bits per heavy atom. The fourth-order valence-corrected chi connectivity index (χ4v) is 4.65. The summed E-state index contributed by atoms with van der Waals surface area (Å²) in [6.07, 6.45) is 1.69. The molecule has 0 N–H and O–H groups in total. The van der Waals surface area contributed by atoms with Crippen LogP contribution in [0.5, 0.6) is 17.2 Å². The smallest absolute Gasteiger partial charge is 0.231 e. The van der Waals surface area contributed by atoms with Gasteiger partial charge in [0.2, 0.25) is 5.78 Å². The Morgan fingerprint density at radius 1 is 1.03 bits per heavy atom. The topological polar surface area (TPSA) is 57.2 Å². The number of nitrogens with zero attached hydrogens (tertiary/aromatic N) is 1. The molecule has 33 heavy (non-hydrogen) atoms. The SMILES string of the molecule is O=C1/C(=C/c2cc(Cl)cc3c2OCOC3)Oc2c1ccc1c2CN(Cc2ccccc2)CO1. The summed E-state index contributed by atoms with van der Waals surface area (Å²) in [7, 11) is 0. The van der Waals surface area contributed by atoms with Crippen LogP contribution in [0.15, 0.2) is 60.4 Å². The molecular formula is C26H20ClNO5. The van der Waals surface area contributed by atoms with Gasteiger partial charge in [0.05, 0.1) is 17.7 Å². The van der Waals surface area contributed by atoms with Gasteiger partial charge in [0.1, 0.15) is 24.0 Å². The van der Waals surface area contributed by atoms with Gasteiger partial charge in [0.25, 0.3) is 0 Å². The van der Waals surface area contributed by atoms with E-state index in [4.69, 9.17) is 30.5 Å². The number of rotatable bonds is 3. The van der Waals surface area contributed by atoms with Crippen LogP contribution in [0.25, 0.3) is 6.08 Å². The highest BCUT2D eigenvalue weighted by atomic mass is 35.5. The molecule has 166 valence electrons. The van der Waals surface area contributed by atoms with Crippen molar-refractivity contribution in [1.29, 1.82) is 0 Å². The second-order valence-electron chi connectivity index (χ2n) is 8.20. The summed E-state index contributed by atoms with van der Waals surface area (Å²) in [5.41, 5.74) is 4.14. The minimum atomic E-state index is -0.172. The molecule has 7 heteroatoms. The standard InChI is InChI=1S/C26H20ClNO5/c27-19-8-17(25-18(9-19)13-30-15-32-25)10-23-24(29)20-6-7-22-21(26(20)33-23)12-28(14-31-22)11-16-4-2-1-3-5-16/h1-10H,11-15H2/b23-10-. The normalized spacial score (nSPS) is 18.1. The van der Waals surface area contributed by atoms with Gasteiger partial charge in [0, 0.05) is 29.2 Å². The average molecular weight is 462 g/mol. The molecule has 3 aromatic carbocycles. The fraction of sp³-hybridized carbons (Fsp3) is 0.192. The van der Waals surface area contributed by atoms with E-state index in [-0.39, 0.29) is 18.3 Å². The summed E-state index contributed by atoms with van der Waals surface area (Å²) in [4.78, 5) is 15.3. The van der Waals surface area contributed by atoms with Crippen LogP contribution in [0.1, 0.15) is 32.6 Å². The van der Waals surface area contributed by atoms with Crippen molar-refractivity contribution in [3.05, 3.63) is 93.2 Å². The van der Waals surface area contributed by atoms with Crippen LogP contribution < -0.4 is 14.2 Å².